The van der Waals surface area contributed by atoms with Crippen LogP contribution in [0.1, 0.15) is 17.7 Å². The molecular formula is C8H7BrF2N2O3. The quantitative estimate of drug-likeness (QED) is 0.487. The Bertz CT molecular complexity index is 415. The van der Waals surface area contributed by atoms with Gasteiger partial charge in [0.25, 0.3) is 12.1 Å². The highest BCUT2D eigenvalue weighted by atomic mass is 79.9. The lowest BCUT2D eigenvalue weighted by molar-refractivity contribution is -0.386. The van der Waals surface area contributed by atoms with E-state index in [4.69, 9.17) is 0 Å². The van der Waals surface area contributed by atoms with E-state index in [2.05, 4.69) is 25.7 Å². The van der Waals surface area contributed by atoms with Crippen LogP contribution in [-0.4, -0.2) is 17.0 Å². The zero-order chi connectivity index (χ0) is 12.3. The predicted octanol–water partition coefficient (Wildman–Crippen LogP) is 2.83. The first kappa shape index (κ1) is 12.8. The summed E-state index contributed by atoms with van der Waals surface area (Å²) in [6, 6.07) is 0.999. The summed E-state index contributed by atoms with van der Waals surface area (Å²) in [7, 11) is 1.13. The third kappa shape index (κ3) is 2.43. The van der Waals surface area contributed by atoms with Crippen molar-refractivity contribution in [3.63, 3.8) is 0 Å². The molecule has 0 bridgehead atoms. The third-order valence-electron chi connectivity index (χ3n) is 1.80. The fourth-order valence-electron chi connectivity index (χ4n) is 1.15. The van der Waals surface area contributed by atoms with E-state index in [1.165, 1.54) is 0 Å². The molecule has 0 unspecified atom stereocenters. The minimum atomic E-state index is -3.01. The van der Waals surface area contributed by atoms with Gasteiger partial charge in [-0.1, -0.05) is 15.9 Å². The van der Waals surface area contributed by atoms with Crippen molar-refractivity contribution in [2.45, 2.75) is 11.8 Å². The van der Waals surface area contributed by atoms with Crippen LogP contribution in [0.5, 0.6) is 5.88 Å². The Morgan fingerprint density at radius 2 is 2.31 bits per heavy atom. The van der Waals surface area contributed by atoms with Crippen LogP contribution in [0.15, 0.2) is 6.07 Å². The van der Waals surface area contributed by atoms with E-state index >= 15 is 0 Å². The minimum Gasteiger partial charge on any atom is -0.480 e. The number of hydrogen-bond donors (Lipinski definition) is 0. The lowest BCUT2D eigenvalue weighted by Crippen LogP contribution is -2.03. The van der Waals surface area contributed by atoms with Gasteiger partial charge in [0.15, 0.2) is 5.56 Å². The standard InChI is InChI=1S/C8H7BrF2N2O3/c1-16-8-6(7(10)11)5(13(14)15)2-4(3-9)12-8/h2,7H,3H2,1H3. The van der Waals surface area contributed by atoms with Crippen LogP contribution in [0.4, 0.5) is 14.5 Å². The summed E-state index contributed by atoms with van der Waals surface area (Å²) in [6.45, 7) is 0. The number of hydrogen-bond acceptors (Lipinski definition) is 4. The SMILES string of the molecule is COc1nc(CBr)cc([N+](=O)[O-])c1C(F)F. The average Bonchev–Trinajstić information content (AvgIpc) is 2.26. The summed E-state index contributed by atoms with van der Waals surface area (Å²) in [5.74, 6) is -0.418. The van der Waals surface area contributed by atoms with Crippen LogP contribution in [0.3, 0.4) is 0 Å². The van der Waals surface area contributed by atoms with Crippen LogP contribution in [0.25, 0.3) is 0 Å². The topological polar surface area (TPSA) is 65.3 Å². The van der Waals surface area contributed by atoms with E-state index in [-0.39, 0.29) is 11.0 Å². The molecule has 1 aromatic heterocycles. The van der Waals surface area contributed by atoms with Crippen LogP contribution in [0, 0.1) is 10.1 Å². The summed E-state index contributed by atoms with van der Waals surface area (Å²) in [4.78, 5) is 13.5. The maximum atomic E-state index is 12.6. The zero-order valence-corrected chi connectivity index (χ0v) is 9.70. The number of halogens is 3. The highest BCUT2D eigenvalue weighted by Gasteiger charge is 2.28. The molecule has 88 valence electrons. The van der Waals surface area contributed by atoms with Gasteiger partial charge in [-0.3, -0.25) is 10.1 Å². The largest absolute Gasteiger partial charge is 0.480 e. The van der Waals surface area contributed by atoms with Crippen molar-refractivity contribution in [2.75, 3.05) is 7.11 Å². The molecule has 0 atom stereocenters. The first-order chi connectivity index (χ1) is 7.51. The van der Waals surface area contributed by atoms with Crippen molar-refractivity contribution in [1.82, 2.24) is 4.98 Å². The third-order valence-corrected chi connectivity index (χ3v) is 2.37. The Balaban J connectivity index is 3.47. The molecule has 1 rings (SSSR count). The first-order valence-corrected chi connectivity index (χ1v) is 5.19. The van der Waals surface area contributed by atoms with Crippen molar-refractivity contribution >= 4 is 21.6 Å². The predicted molar refractivity (Wildman–Crippen MR) is 55.0 cm³/mol. The van der Waals surface area contributed by atoms with Gasteiger partial charge in [-0.2, -0.15) is 0 Å². The van der Waals surface area contributed by atoms with Crippen molar-refractivity contribution in [1.29, 1.82) is 0 Å². The van der Waals surface area contributed by atoms with E-state index in [0.717, 1.165) is 13.2 Å². The van der Waals surface area contributed by atoms with Crippen LogP contribution < -0.4 is 4.74 Å². The second kappa shape index (κ2) is 5.15. The lowest BCUT2D eigenvalue weighted by atomic mass is 10.2. The minimum absolute atomic E-state index is 0.216. The van der Waals surface area contributed by atoms with Crippen LogP contribution in [-0.2, 0) is 5.33 Å². The molecule has 0 fully saturated rings. The van der Waals surface area contributed by atoms with E-state index in [9.17, 15) is 18.9 Å². The van der Waals surface area contributed by atoms with Gasteiger partial charge in [0, 0.05) is 11.4 Å². The number of methoxy groups -OCH3 is 1. The zero-order valence-electron chi connectivity index (χ0n) is 8.11. The van der Waals surface area contributed by atoms with E-state index in [0.29, 0.717) is 0 Å². The summed E-state index contributed by atoms with van der Waals surface area (Å²) >= 11 is 3.04. The van der Waals surface area contributed by atoms with Gasteiger partial charge in [0.1, 0.15) is 0 Å². The van der Waals surface area contributed by atoms with Crippen LogP contribution in [0.2, 0.25) is 0 Å². The second-order valence-corrected chi connectivity index (χ2v) is 3.31. The second-order valence-electron chi connectivity index (χ2n) is 2.75. The summed E-state index contributed by atoms with van der Waals surface area (Å²) in [5, 5.41) is 10.9. The smallest absolute Gasteiger partial charge is 0.285 e. The molecule has 1 heterocycles. The van der Waals surface area contributed by atoms with Gasteiger partial charge in [0.2, 0.25) is 5.88 Å². The Kier molecular flexibility index (Phi) is 4.11. The maximum absolute atomic E-state index is 12.6. The number of rotatable bonds is 4. The van der Waals surface area contributed by atoms with E-state index in [1.807, 2.05) is 0 Å². The molecular weight excluding hydrogens is 290 g/mol. The van der Waals surface area contributed by atoms with Crippen LogP contribution >= 0.6 is 15.9 Å². The first-order valence-electron chi connectivity index (χ1n) is 4.07. The number of nitrogens with zero attached hydrogens (tertiary/aromatic N) is 2. The molecule has 0 radical (unpaired) electrons. The molecule has 0 aliphatic rings. The van der Waals surface area contributed by atoms with Crippen molar-refractivity contribution in [2.24, 2.45) is 0 Å². The van der Waals surface area contributed by atoms with Gasteiger partial charge >= 0.3 is 0 Å². The van der Waals surface area contributed by atoms with E-state index in [1.54, 1.807) is 0 Å². The number of aromatic nitrogens is 1. The van der Waals surface area contributed by atoms with Gasteiger partial charge in [-0.15, -0.1) is 0 Å². The molecule has 0 aliphatic carbocycles. The van der Waals surface area contributed by atoms with Gasteiger partial charge < -0.3 is 4.74 Å². The molecule has 0 spiro atoms. The Hall–Kier alpha value is -1.31. The number of alkyl halides is 3. The molecule has 0 amide bonds. The molecule has 1 aromatic rings. The normalized spacial score (nSPS) is 10.6. The number of ether oxygens (including phenoxy) is 1. The fraction of sp³-hybridized carbons (Fsp3) is 0.375. The Labute approximate surface area is 97.7 Å². The summed E-state index contributed by atoms with van der Waals surface area (Å²) in [5.41, 5.74) is -1.22. The number of pyridine rings is 1. The van der Waals surface area contributed by atoms with Gasteiger partial charge in [0.05, 0.1) is 17.7 Å². The molecule has 0 saturated heterocycles. The molecule has 0 aromatic carbocycles. The monoisotopic (exact) mass is 296 g/mol. The number of nitro groups is 1. The van der Waals surface area contributed by atoms with Crippen molar-refractivity contribution in [3.8, 4) is 5.88 Å². The summed E-state index contributed by atoms with van der Waals surface area (Å²) in [6.07, 6.45) is -3.01. The molecule has 0 saturated carbocycles. The Morgan fingerprint density at radius 1 is 1.69 bits per heavy atom. The molecule has 16 heavy (non-hydrogen) atoms. The molecule has 0 N–H and O–H groups in total. The average molecular weight is 297 g/mol. The van der Waals surface area contributed by atoms with Gasteiger partial charge in [-0.05, 0) is 0 Å². The molecule has 8 heteroatoms. The lowest BCUT2D eigenvalue weighted by Gasteiger charge is -2.08. The van der Waals surface area contributed by atoms with E-state index < -0.39 is 28.5 Å². The van der Waals surface area contributed by atoms with Gasteiger partial charge in [-0.25, -0.2) is 13.8 Å². The summed E-state index contributed by atoms with van der Waals surface area (Å²) < 4.78 is 29.9. The maximum Gasteiger partial charge on any atom is 0.285 e. The fourth-order valence-corrected chi connectivity index (χ4v) is 1.44. The molecule has 5 nitrogen and oxygen atoms in total. The molecule has 0 aliphatic heterocycles. The van der Waals surface area contributed by atoms with Crippen molar-refractivity contribution in [3.05, 3.63) is 27.4 Å². The highest BCUT2D eigenvalue weighted by Crippen LogP contribution is 2.36. The Morgan fingerprint density at radius 3 is 2.69 bits per heavy atom. The highest BCUT2D eigenvalue weighted by molar-refractivity contribution is 9.08. The van der Waals surface area contributed by atoms with Crippen molar-refractivity contribution < 1.29 is 18.4 Å².